The molecule has 30 heavy (non-hydrogen) atoms. The number of nitrogens with zero attached hydrogens (tertiary/aromatic N) is 1. The Morgan fingerprint density at radius 1 is 1.13 bits per heavy atom. The van der Waals surface area contributed by atoms with E-state index < -0.39 is 10.0 Å². The molecule has 1 amide bonds. The van der Waals surface area contributed by atoms with Crippen molar-refractivity contribution in [3.8, 4) is 5.75 Å². The van der Waals surface area contributed by atoms with E-state index in [0.29, 0.717) is 30.6 Å². The first-order valence-corrected chi connectivity index (χ1v) is 12.0. The lowest BCUT2D eigenvalue weighted by Crippen LogP contribution is -2.41. The Balaban J connectivity index is 1.53. The first-order chi connectivity index (χ1) is 14.1. The number of amides is 1. The zero-order valence-corrected chi connectivity index (χ0v) is 18.5. The summed E-state index contributed by atoms with van der Waals surface area (Å²) in [5.74, 6) is 0.799. The molecule has 0 spiro atoms. The van der Waals surface area contributed by atoms with Crippen LogP contribution in [0.4, 0.5) is 5.69 Å². The van der Waals surface area contributed by atoms with Gasteiger partial charge in [-0.2, -0.15) is 0 Å². The molecule has 1 unspecified atom stereocenters. The molecule has 0 aliphatic carbocycles. The highest BCUT2D eigenvalue weighted by atomic mass is 32.2. The molecule has 1 saturated heterocycles. The fraction of sp³-hybridized carbons (Fsp3) is 0.435. The number of hydrogen-bond donors (Lipinski definition) is 1. The molecular formula is C23H28N2O4S. The molecule has 0 bridgehead atoms. The molecule has 1 N–H and O–H groups in total. The molecule has 7 heteroatoms. The molecule has 2 aliphatic rings. The van der Waals surface area contributed by atoms with Crippen LogP contribution in [0.3, 0.4) is 0 Å². The van der Waals surface area contributed by atoms with Gasteiger partial charge in [-0.1, -0.05) is 12.1 Å². The minimum absolute atomic E-state index is 0.154. The van der Waals surface area contributed by atoms with Gasteiger partial charge < -0.3 is 10.1 Å². The average molecular weight is 429 g/mol. The monoisotopic (exact) mass is 428 g/mol. The zero-order chi connectivity index (χ0) is 21.5. The Labute approximate surface area is 178 Å². The van der Waals surface area contributed by atoms with E-state index in [2.05, 4.69) is 5.32 Å². The van der Waals surface area contributed by atoms with Crippen LogP contribution in [-0.2, 0) is 10.0 Å². The Hall–Kier alpha value is -2.54. The lowest BCUT2D eigenvalue weighted by molar-refractivity contribution is 0.0619. The van der Waals surface area contributed by atoms with E-state index in [1.807, 2.05) is 39.0 Å². The van der Waals surface area contributed by atoms with Gasteiger partial charge in [0.25, 0.3) is 5.91 Å². The van der Waals surface area contributed by atoms with Gasteiger partial charge in [0.2, 0.25) is 10.0 Å². The number of fused-ring (bicyclic) bond motifs is 1. The molecule has 0 radical (unpaired) electrons. The number of anilines is 1. The predicted molar refractivity (Wildman–Crippen MR) is 118 cm³/mol. The quantitative estimate of drug-likeness (QED) is 0.803. The van der Waals surface area contributed by atoms with E-state index in [-0.39, 0.29) is 23.3 Å². The fourth-order valence-corrected chi connectivity index (χ4v) is 5.83. The largest absolute Gasteiger partial charge is 0.487 e. The van der Waals surface area contributed by atoms with Crippen molar-refractivity contribution in [2.75, 3.05) is 16.6 Å². The zero-order valence-electron chi connectivity index (χ0n) is 17.6. The second kappa shape index (κ2) is 7.61. The summed E-state index contributed by atoms with van der Waals surface area (Å²) >= 11 is 0. The summed E-state index contributed by atoms with van der Waals surface area (Å²) in [6.45, 7) is 6.54. The van der Waals surface area contributed by atoms with Gasteiger partial charge in [0.05, 0.1) is 17.5 Å². The number of hydrogen-bond acceptors (Lipinski definition) is 4. The van der Waals surface area contributed by atoms with E-state index >= 15 is 0 Å². The third kappa shape index (κ3) is 4.17. The number of sulfonamides is 1. The molecule has 2 aromatic rings. The molecule has 2 aromatic carbocycles. The van der Waals surface area contributed by atoms with Gasteiger partial charge in [-0.25, -0.2) is 8.42 Å². The van der Waals surface area contributed by atoms with Crippen LogP contribution in [0.25, 0.3) is 0 Å². The van der Waals surface area contributed by atoms with E-state index in [1.165, 1.54) is 4.31 Å². The maximum Gasteiger partial charge on any atom is 0.251 e. The molecule has 160 valence electrons. The van der Waals surface area contributed by atoms with Gasteiger partial charge in [0.15, 0.2) is 0 Å². The van der Waals surface area contributed by atoms with Crippen LogP contribution in [0.15, 0.2) is 42.5 Å². The minimum atomic E-state index is -3.26. The molecule has 2 aliphatic heterocycles. The lowest BCUT2D eigenvalue weighted by Gasteiger charge is -2.38. The van der Waals surface area contributed by atoms with Gasteiger partial charge >= 0.3 is 0 Å². The van der Waals surface area contributed by atoms with E-state index in [1.54, 1.807) is 24.3 Å². The molecule has 6 nitrogen and oxygen atoms in total. The SMILES string of the molecule is Cc1ccc2c(c1)OC(C)(C)CC2NC(=O)c1ccc(N2CCCCS2(=O)=O)cc1. The average Bonchev–Trinajstić information content (AvgIpc) is 2.66. The van der Waals surface area contributed by atoms with Crippen molar-refractivity contribution in [1.29, 1.82) is 0 Å². The summed E-state index contributed by atoms with van der Waals surface area (Å²) in [7, 11) is -3.26. The Kier molecular flexibility index (Phi) is 5.26. The highest BCUT2D eigenvalue weighted by Gasteiger charge is 2.34. The lowest BCUT2D eigenvalue weighted by atomic mass is 9.89. The third-order valence-corrected chi connectivity index (χ3v) is 7.57. The second-order valence-corrected chi connectivity index (χ2v) is 10.8. The van der Waals surface area contributed by atoms with Crippen molar-refractivity contribution in [2.24, 2.45) is 0 Å². The molecule has 0 aromatic heterocycles. The van der Waals surface area contributed by atoms with Crippen molar-refractivity contribution in [3.63, 3.8) is 0 Å². The highest BCUT2D eigenvalue weighted by Crippen LogP contribution is 2.40. The topological polar surface area (TPSA) is 75.7 Å². The standard InChI is InChI=1S/C23H28N2O4S/c1-16-6-11-19-20(15-23(2,3)29-21(19)14-16)24-22(26)17-7-9-18(10-8-17)25-12-4-5-13-30(25,27)28/h6-11,14,20H,4-5,12-13,15H2,1-3H3,(H,24,26). The van der Waals surface area contributed by atoms with E-state index in [4.69, 9.17) is 4.74 Å². The van der Waals surface area contributed by atoms with Gasteiger partial charge in [-0.15, -0.1) is 0 Å². The van der Waals surface area contributed by atoms with Crippen LogP contribution in [0.2, 0.25) is 0 Å². The van der Waals surface area contributed by atoms with Crippen molar-refractivity contribution < 1.29 is 17.9 Å². The highest BCUT2D eigenvalue weighted by molar-refractivity contribution is 7.92. The maximum absolute atomic E-state index is 12.9. The van der Waals surface area contributed by atoms with Crippen LogP contribution < -0.4 is 14.4 Å². The molecule has 2 heterocycles. The third-order valence-electron chi connectivity index (χ3n) is 5.70. The van der Waals surface area contributed by atoms with Gasteiger partial charge in [0.1, 0.15) is 11.4 Å². The molecule has 4 rings (SSSR count). The van der Waals surface area contributed by atoms with Crippen LogP contribution in [-0.4, -0.2) is 32.2 Å². The minimum Gasteiger partial charge on any atom is -0.487 e. The van der Waals surface area contributed by atoms with Crippen molar-refractivity contribution in [1.82, 2.24) is 5.32 Å². The summed E-state index contributed by atoms with van der Waals surface area (Å²) in [6, 6.07) is 12.7. The van der Waals surface area contributed by atoms with Crippen LogP contribution >= 0.6 is 0 Å². The normalized spacial score (nSPS) is 22.0. The number of nitrogens with one attached hydrogen (secondary N) is 1. The summed E-state index contributed by atoms with van der Waals surface area (Å²) < 4.78 is 32.1. The second-order valence-electron chi connectivity index (χ2n) is 8.78. The number of aryl methyl sites for hydroxylation is 1. The molecule has 1 fully saturated rings. The number of ether oxygens (including phenoxy) is 1. The molecule has 1 atom stereocenters. The Morgan fingerprint density at radius 3 is 2.57 bits per heavy atom. The molecule has 0 saturated carbocycles. The summed E-state index contributed by atoms with van der Waals surface area (Å²) in [4.78, 5) is 12.9. The van der Waals surface area contributed by atoms with Crippen LogP contribution in [0, 0.1) is 6.92 Å². The van der Waals surface area contributed by atoms with Gasteiger partial charge in [-0.05, 0) is 69.5 Å². The van der Waals surface area contributed by atoms with E-state index in [9.17, 15) is 13.2 Å². The first-order valence-electron chi connectivity index (χ1n) is 10.4. The Bertz CT molecular complexity index is 1060. The van der Waals surface area contributed by atoms with Gasteiger partial charge in [-0.3, -0.25) is 9.10 Å². The fourth-order valence-electron chi connectivity index (χ4n) is 4.19. The summed E-state index contributed by atoms with van der Waals surface area (Å²) in [5.41, 5.74) is 2.82. The van der Waals surface area contributed by atoms with Crippen LogP contribution in [0.1, 0.15) is 60.6 Å². The Morgan fingerprint density at radius 2 is 1.87 bits per heavy atom. The van der Waals surface area contributed by atoms with Crippen LogP contribution in [0.5, 0.6) is 5.75 Å². The van der Waals surface area contributed by atoms with Gasteiger partial charge in [0, 0.05) is 24.1 Å². The van der Waals surface area contributed by atoms with Crippen molar-refractivity contribution in [2.45, 2.75) is 51.7 Å². The van der Waals surface area contributed by atoms with E-state index in [0.717, 1.165) is 23.3 Å². The summed E-state index contributed by atoms with van der Waals surface area (Å²) in [6.07, 6.45) is 2.21. The molecular weight excluding hydrogens is 400 g/mol. The first kappa shape index (κ1) is 20.7. The van der Waals surface area contributed by atoms with Crippen molar-refractivity contribution >= 4 is 21.6 Å². The predicted octanol–water partition coefficient (Wildman–Crippen LogP) is 3.96. The number of carbonyl (C=O) groups excluding carboxylic acids is 1. The smallest absolute Gasteiger partial charge is 0.251 e. The van der Waals surface area contributed by atoms with Crippen molar-refractivity contribution in [3.05, 3.63) is 59.2 Å². The number of carbonyl (C=O) groups is 1. The number of rotatable bonds is 3. The maximum atomic E-state index is 12.9. The number of benzene rings is 2. The summed E-state index contributed by atoms with van der Waals surface area (Å²) in [5, 5.41) is 3.13.